The predicted octanol–water partition coefficient (Wildman–Crippen LogP) is 2.90. The summed E-state index contributed by atoms with van der Waals surface area (Å²) in [5, 5.41) is 5.44. The molecule has 0 aliphatic carbocycles. The number of unbranched alkanes of at least 4 members (excludes halogenated alkanes) is 1. The molecule has 1 amide bonds. The molecule has 7 N–H and O–H groups in total. The second kappa shape index (κ2) is 15.4. The first kappa shape index (κ1) is 29.7. The van der Waals surface area contributed by atoms with Crippen LogP contribution in [0.5, 0.6) is 0 Å². The number of benzene rings is 1. The Labute approximate surface area is 174 Å². The van der Waals surface area contributed by atoms with E-state index < -0.39 is 29.3 Å². The number of hydrogen-bond donors (Lipinski definition) is 4. The maximum Gasteiger partial charge on any atom is 0.436 e. The van der Waals surface area contributed by atoms with Crippen LogP contribution in [0.25, 0.3) is 0 Å². The molecular formula is C19H32F4N6O. The topological polar surface area (TPSA) is 125 Å². The average Bonchev–Trinajstić information content (AvgIpc) is 3.07. The molecule has 0 atom stereocenters. The minimum Gasteiger partial charge on any atom is -0.333 e. The van der Waals surface area contributed by atoms with E-state index in [1.165, 1.54) is 21.1 Å². The molecule has 0 bridgehead atoms. The van der Waals surface area contributed by atoms with Gasteiger partial charge in [-0.2, -0.15) is 22.7 Å². The summed E-state index contributed by atoms with van der Waals surface area (Å²) in [5.74, 6) is -2.50. The molecular weight excluding hydrogens is 404 g/mol. The van der Waals surface area contributed by atoms with Crippen LogP contribution < -0.4 is 22.5 Å². The fourth-order valence-corrected chi connectivity index (χ4v) is 2.32. The van der Waals surface area contributed by atoms with Crippen LogP contribution in [-0.4, -0.2) is 36.8 Å². The second-order valence-electron chi connectivity index (χ2n) is 5.35. The maximum absolute atomic E-state index is 13.9. The first-order valence-electron chi connectivity index (χ1n) is 9.17. The highest BCUT2D eigenvalue weighted by molar-refractivity contribution is 6.05. The van der Waals surface area contributed by atoms with E-state index in [0.29, 0.717) is 16.8 Å². The standard InChI is InChI=1S/C16H17F4N3O.3CH5N/c1-3-4-7-10-8-5-6-9-11(10)21-15(24)12-13(16(18,19)20)22-23(2)14(12)17;3*1-2/h5-6,8-9H,3-4,7H2,1-2H3,(H,21,24);3*2H2,1H3. The van der Waals surface area contributed by atoms with E-state index >= 15 is 0 Å². The number of nitrogens with two attached hydrogens (primary N) is 3. The Morgan fingerprint density at radius 2 is 1.63 bits per heavy atom. The molecule has 7 nitrogen and oxygen atoms in total. The Kier molecular flexibility index (Phi) is 15.2. The summed E-state index contributed by atoms with van der Waals surface area (Å²) >= 11 is 0. The van der Waals surface area contributed by atoms with Gasteiger partial charge in [-0.1, -0.05) is 31.5 Å². The van der Waals surface area contributed by atoms with Gasteiger partial charge in [0.05, 0.1) is 0 Å². The lowest BCUT2D eigenvalue weighted by molar-refractivity contribution is -0.141. The van der Waals surface area contributed by atoms with Crippen LogP contribution >= 0.6 is 0 Å². The summed E-state index contributed by atoms with van der Waals surface area (Å²) in [6.07, 6.45) is -2.47. The van der Waals surface area contributed by atoms with Crippen molar-refractivity contribution in [3.8, 4) is 0 Å². The molecule has 2 aromatic rings. The minimum absolute atomic E-state index is 0.368. The van der Waals surface area contributed by atoms with Crippen LogP contribution in [0.15, 0.2) is 24.3 Å². The van der Waals surface area contributed by atoms with Gasteiger partial charge in [0.1, 0.15) is 5.56 Å². The molecule has 0 radical (unpaired) electrons. The number of carbonyl (C=O) groups excluding carboxylic acids is 1. The van der Waals surface area contributed by atoms with Crippen molar-refractivity contribution < 1.29 is 22.4 Å². The Morgan fingerprint density at radius 3 is 2.13 bits per heavy atom. The highest BCUT2D eigenvalue weighted by Crippen LogP contribution is 2.32. The molecule has 1 aromatic heterocycles. The number of para-hydroxylation sites is 1. The fourth-order valence-electron chi connectivity index (χ4n) is 2.32. The number of hydrogen-bond acceptors (Lipinski definition) is 5. The fraction of sp³-hybridized carbons (Fsp3) is 0.474. The molecule has 2 rings (SSSR count). The van der Waals surface area contributed by atoms with E-state index in [1.54, 1.807) is 24.3 Å². The maximum atomic E-state index is 13.9. The number of amides is 1. The molecule has 0 saturated carbocycles. The van der Waals surface area contributed by atoms with Gasteiger partial charge < -0.3 is 22.5 Å². The van der Waals surface area contributed by atoms with Crippen molar-refractivity contribution in [2.75, 3.05) is 26.5 Å². The van der Waals surface area contributed by atoms with Gasteiger partial charge in [0.2, 0.25) is 5.95 Å². The van der Waals surface area contributed by atoms with E-state index in [1.807, 2.05) is 6.92 Å². The zero-order valence-corrected chi connectivity index (χ0v) is 18.0. The molecule has 172 valence electrons. The molecule has 0 saturated heterocycles. The van der Waals surface area contributed by atoms with Gasteiger partial charge in [0.25, 0.3) is 5.91 Å². The van der Waals surface area contributed by atoms with Gasteiger partial charge in [-0.25, -0.2) is 4.68 Å². The third-order valence-electron chi connectivity index (χ3n) is 3.54. The lowest BCUT2D eigenvalue weighted by atomic mass is 10.1. The van der Waals surface area contributed by atoms with Gasteiger partial charge in [-0.05, 0) is 45.6 Å². The van der Waals surface area contributed by atoms with Crippen molar-refractivity contribution >= 4 is 11.6 Å². The first-order chi connectivity index (χ1) is 14.3. The molecule has 30 heavy (non-hydrogen) atoms. The molecule has 1 heterocycles. The minimum atomic E-state index is -4.92. The third-order valence-corrected chi connectivity index (χ3v) is 3.54. The SMILES string of the molecule is CCCCc1ccccc1NC(=O)c1c(C(F)(F)F)nn(C)c1F.CN.CN.CN. The number of rotatable bonds is 5. The normalized spacial score (nSPS) is 9.87. The number of aromatic nitrogens is 2. The first-order valence-corrected chi connectivity index (χ1v) is 9.17. The summed E-state index contributed by atoms with van der Waals surface area (Å²) < 4.78 is 53.2. The molecule has 11 heteroatoms. The van der Waals surface area contributed by atoms with Gasteiger partial charge in [0, 0.05) is 12.7 Å². The van der Waals surface area contributed by atoms with E-state index in [-0.39, 0.29) is 0 Å². The van der Waals surface area contributed by atoms with Crippen molar-refractivity contribution in [2.24, 2.45) is 24.2 Å². The number of nitrogens with zero attached hydrogens (tertiary/aromatic N) is 2. The number of alkyl halides is 3. The van der Waals surface area contributed by atoms with Gasteiger partial charge in [-0.3, -0.25) is 4.79 Å². The number of aryl methyl sites for hydroxylation is 2. The van der Waals surface area contributed by atoms with Crippen LogP contribution in [0.2, 0.25) is 0 Å². The van der Waals surface area contributed by atoms with Gasteiger partial charge in [-0.15, -0.1) is 0 Å². The van der Waals surface area contributed by atoms with Gasteiger partial charge >= 0.3 is 6.18 Å². The van der Waals surface area contributed by atoms with Crippen LogP contribution in [-0.2, 0) is 19.6 Å². The molecule has 0 spiro atoms. The molecule has 1 aromatic carbocycles. The molecule has 0 fully saturated rings. The summed E-state index contributed by atoms with van der Waals surface area (Å²) in [5.41, 5.74) is 12.0. The predicted molar refractivity (Wildman–Crippen MR) is 112 cm³/mol. The van der Waals surface area contributed by atoms with E-state index in [2.05, 4.69) is 27.6 Å². The highest BCUT2D eigenvalue weighted by Gasteiger charge is 2.41. The van der Waals surface area contributed by atoms with Crippen molar-refractivity contribution in [3.63, 3.8) is 0 Å². The zero-order valence-electron chi connectivity index (χ0n) is 18.0. The number of anilines is 1. The summed E-state index contributed by atoms with van der Waals surface area (Å²) in [7, 11) is 5.51. The summed E-state index contributed by atoms with van der Waals surface area (Å²) in [6, 6.07) is 6.77. The van der Waals surface area contributed by atoms with Crippen molar-refractivity contribution in [1.29, 1.82) is 0 Å². The molecule has 0 unspecified atom stereocenters. The largest absolute Gasteiger partial charge is 0.436 e. The van der Waals surface area contributed by atoms with Crippen LogP contribution in [0.3, 0.4) is 0 Å². The average molecular weight is 436 g/mol. The summed E-state index contributed by atoms with van der Waals surface area (Å²) in [6.45, 7) is 2.00. The van der Waals surface area contributed by atoms with Crippen molar-refractivity contribution in [1.82, 2.24) is 9.78 Å². The highest BCUT2D eigenvalue weighted by atomic mass is 19.4. The number of halogens is 4. The Morgan fingerprint density at radius 1 is 1.10 bits per heavy atom. The smallest absolute Gasteiger partial charge is 0.333 e. The molecule has 0 aliphatic heterocycles. The number of nitrogens with one attached hydrogen (secondary N) is 1. The van der Waals surface area contributed by atoms with E-state index in [0.717, 1.165) is 25.5 Å². The Hall–Kier alpha value is -2.50. The van der Waals surface area contributed by atoms with Gasteiger partial charge in [0.15, 0.2) is 5.69 Å². The second-order valence-corrected chi connectivity index (χ2v) is 5.35. The van der Waals surface area contributed by atoms with Crippen LogP contribution in [0.4, 0.5) is 23.2 Å². The lowest BCUT2D eigenvalue weighted by Gasteiger charge is -2.11. The van der Waals surface area contributed by atoms with E-state index in [4.69, 9.17) is 0 Å². The van der Waals surface area contributed by atoms with Crippen LogP contribution in [0, 0.1) is 5.95 Å². The Balaban J connectivity index is 0. The third kappa shape index (κ3) is 8.47. The molecule has 0 aliphatic rings. The van der Waals surface area contributed by atoms with Crippen LogP contribution in [0.1, 0.15) is 41.4 Å². The Bertz CT molecular complexity index is 747. The lowest BCUT2D eigenvalue weighted by Crippen LogP contribution is -2.19. The monoisotopic (exact) mass is 436 g/mol. The van der Waals surface area contributed by atoms with Crippen molar-refractivity contribution in [3.05, 3.63) is 47.0 Å². The number of carbonyl (C=O) groups is 1. The zero-order chi connectivity index (χ0) is 23.9. The summed E-state index contributed by atoms with van der Waals surface area (Å²) in [4.78, 5) is 12.2. The quantitative estimate of drug-likeness (QED) is 0.537. The van der Waals surface area contributed by atoms with E-state index in [9.17, 15) is 22.4 Å². The van der Waals surface area contributed by atoms with Crippen molar-refractivity contribution in [2.45, 2.75) is 32.4 Å².